The molecule has 0 saturated carbocycles. The van der Waals surface area contributed by atoms with Crippen LogP contribution in [0.3, 0.4) is 0 Å². The Morgan fingerprint density at radius 3 is 2.73 bits per heavy atom. The molecule has 0 radical (unpaired) electrons. The Morgan fingerprint density at radius 2 is 1.97 bits per heavy atom. The third kappa shape index (κ3) is 4.82. The second-order valence-corrected chi connectivity index (χ2v) is 6.96. The Hall–Kier alpha value is -3.29. The van der Waals surface area contributed by atoms with Crippen LogP contribution in [0, 0.1) is 0 Å². The van der Waals surface area contributed by atoms with Crippen molar-refractivity contribution in [2.75, 3.05) is 26.3 Å². The van der Waals surface area contributed by atoms with Gasteiger partial charge in [-0.25, -0.2) is 9.59 Å². The molecule has 0 unspecified atom stereocenters. The highest BCUT2D eigenvalue weighted by atomic mass is 16.5. The number of nitrogens with zero attached hydrogens (tertiary/aromatic N) is 1. The molecule has 1 aliphatic rings. The second-order valence-electron chi connectivity index (χ2n) is 6.96. The van der Waals surface area contributed by atoms with Gasteiger partial charge in [0.1, 0.15) is 6.54 Å². The van der Waals surface area contributed by atoms with Gasteiger partial charge in [0.05, 0.1) is 24.5 Å². The van der Waals surface area contributed by atoms with Gasteiger partial charge in [-0.3, -0.25) is 9.69 Å². The number of carbonyl (C=O) groups is 3. The van der Waals surface area contributed by atoms with Gasteiger partial charge >= 0.3 is 18.0 Å². The summed E-state index contributed by atoms with van der Waals surface area (Å²) < 4.78 is 10.3. The summed E-state index contributed by atoms with van der Waals surface area (Å²) >= 11 is 0. The highest BCUT2D eigenvalue weighted by Gasteiger charge is 2.27. The van der Waals surface area contributed by atoms with E-state index in [9.17, 15) is 14.4 Å². The zero-order valence-electron chi connectivity index (χ0n) is 17.3. The van der Waals surface area contributed by atoms with Crippen LogP contribution in [0.5, 0.6) is 0 Å². The van der Waals surface area contributed by atoms with Gasteiger partial charge in [-0.1, -0.05) is 31.5 Å². The third-order valence-electron chi connectivity index (χ3n) is 4.87. The number of carbonyl (C=O) groups excluding carboxylic acids is 3. The molecule has 2 N–H and O–H groups in total. The number of aromatic amines is 1. The van der Waals surface area contributed by atoms with Crippen LogP contribution in [-0.4, -0.2) is 54.2 Å². The summed E-state index contributed by atoms with van der Waals surface area (Å²) in [6.07, 6.45) is 3.73. The topological polar surface area (TPSA) is 101 Å². The van der Waals surface area contributed by atoms with Gasteiger partial charge in [-0.15, -0.1) is 0 Å². The number of ether oxygens (including phenoxy) is 2. The number of nitrogens with one attached hydrogen (secondary N) is 2. The molecule has 30 heavy (non-hydrogen) atoms. The quantitative estimate of drug-likeness (QED) is 0.537. The van der Waals surface area contributed by atoms with Crippen molar-refractivity contribution in [1.82, 2.24) is 15.2 Å². The summed E-state index contributed by atoms with van der Waals surface area (Å²) in [6.45, 7) is 4.42. The van der Waals surface area contributed by atoms with E-state index in [1.807, 2.05) is 31.2 Å². The van der Waals surface area contributed by atoms with E-state index in [-0.39, 0.29) is 18.7 Å². The number of unbranched alkanes of at least 4 members (excludes halogenated alkanes) is 1. The molecule has 8 heteroatoms. The second kappa shape index (κ2) is 9.96. The van der Waals surface area contributed by atoms with Crippen LogP contribution in [0.2, 0.25) is 0 Å². The number of benzene rings is 1. The number of rotatable bonds is 7. The first-order valence-corrected chi connectivity index (χ1v) is 10.2. The first-order chi connectivity index (χ1) is 14.5. The van der Waals surface area contributed by atoms with Gasteiger partial charge in [0.2, 0.25) is 0 Å². The highest BCUT2D eigenvalue weighted by molar-refractivity contribution is 6.18. The molecule has 2 heterocycles. The fraction of sp³-hybridized carbons (Fsp3) is 0.409. The van der Waals surface area contributed by atoms with Crippen LogP contribution in [0.15, 0.2) is 30.5 Å². The van der Waals surface area contributed by atoms with Crippen molar-refractivity contribution in [3.05, 3.63) is 41.7 Å². The van der Waals surface area contributed by atoms with Crippen LogP contribution in [-0.2, 0) is 25.5 Å². The lowest BCUT2D eigenvalue weighted by molar-refractivity contribution is -0.142. The summed E-state index contributed by atoms with van der Waals surface area (Å²) in [6, 6.07) is 7.31. The van der Waals surface area contributed by atoms with Crippen LogP contribution in [0.1, 0.15) is 37.9 Å². The molecular weight excluding hydrogens is 386 g/mol. The molecule has 1 aromatic heterocycles. The molecule has 1 aliphatic heterocycles. The van der Waals surface area contributed by atoms with Gasteiger partial charge in [0.15, 0.2) is 0 Å². The first-order valence-electron chi connectivity index (χ1n) is 10.2. The van der Waals surface area contributed by atoms with Gasteiger partial charge in [-0.2, -0.15) is 0 Å². The average Bonchev–Trinajstić information content (AvgIpc) is 2.99. The molecule has 0 spiro atoms. The largest absolute Gasteiger partial charge is 0.464 e. The molecule has 3 rings (SSSR count). The van der Waals surface area contributed by atoms with E-state index < -0.39 is 18.0 Å². The van der Waals surface area contributed by atoms with Crippen molar-refractivity contribution in [3.63, 3.8) is 0 Å². The van der Waals surface area contributed by atoms with Crippen LogP contribution >= 0.6 is 0 Å². The zero-order chi connectivity index (χ0) is 21.5. The van der Waals surface area contributed by atoms with Gasteiger partial charge < -0.3 is 19.8 Å². The standard InChI is InChI=1S/C22H27N3O5/c1-3-5-12-30-19(26)13-23-22(28)25-11-10-16-15-8-6-7-9-18(15)24-20(16)17(14-25)21(27)29-4-2/h6-9,14,24H,3-5,10-13H2,1-2H3,(H,23,28). The van der Waals surface area contributed by atoms with Crippen LogP contribution in [0.25, 0.3) is 16.5 Å². The lowest BCUT2D eigenvalue weighted by atomic mass is 10.0. The van der Waals surface area contributed by atoms with Crippen molar-refractivity contribution < 1.29 is 23.9 Å². The Kier molecular flexibility index (Phi) is 7.11. The van der Waals surface area contributed by atoms with E-state index >= 15 is 0 Å². The Bertz CT molecular complexity index is 963. The SMILES string of the molecule is CCCCOC(=O)CNC(=O)N1C=C(C(=O)OCC)c2[nH]c3ccccc3c2CC1. The van der Waals surface area contributed by atoms with Crippen molar-refractivity contribution in [3.8, 4) is 0 Å². The van der Waals surface area contributed by atoms with Gasteiger partial charge in [0.25, 0.3) is 0 Å². The van der Waals surface area contributed by atoms with E-state index in [1.165, 1.54) is 11.1 Å². The van der Waals surface area contributed by atoms with Crippen LogP contribution in [0.4, 0.5) is 4.79 Å². The first kappa shape index (κ1) is 21.4. The maximum atomic E-state index is 12.6. The highest BCUT2D eigenvalue weighted by Crippen LogP contribution is 2.31. The third-order valence-corrected chi connectivity index (χ3v) is 4.87. The van der Waals surface area contributed by atoms with Crippen molar-refractivity contribution in [2.45, 2.75) is 33.1 Å². The predicted octanol–water partition coefficient (Wildman–Crippen LogP) is 2.98. The maximum absolute atomic E-state index is 12.6. The van der Waals surface area contributed by atoms with Crippen LogP contribution < -0.4 is 5.32 Å². The lowest BCUT2D eigenvalue weighted by Crippen LogP contribution is -2.40. The Labute approximate surface area is 175 Å². The van der Waals surface area contributed by atoms with Crippen molar-refractivity contribution >= 4 is 34.4 Å². The zero-order valence-corrected chi connectivity index (χ0v) is 17.3. The lowest BCUT2D eigenvalue weighted by Gasteiger charge is -2.18. The number of aromatic nitrogens is 1. The minimum atomic E-state index is -0.510. The fourth-order valence-corrected chi connectivity index (χ4v) is 3.36. The van der Waals surface area contributed by atoms with Crippen molar-refractivity contribution in [2.24, 2.45) is 0 Å². The molecule has 0 fully saturated rings. The molecule has 0 saturated heterocycles. The molecule has 160 valence electrons. The Morgan fingerprint density at radius 1 is 1.17 bits per heavy atom. The van der Waals surface area contributed by atoms with E-state index in [0.717, 1.165) is 29.3 Å². The van der Waals surface area contributed by atoms with E-state index in [0.29, 0.717) is 25.3 Å². The number of urea groups is 1. The smallest absolute Gasteiger partial charge is 0.341 e. The summed E-state index contributed by atoms with van der Waals surface area (Å²) in [4.78, 5) is 41.7. The number of esters is 2. The molecule has 2 amide bonds. The summed E-state index contributed by atoms with van der Waals surface area (Å²) in [5.41, 5.74) is 2.81. The Balaban J connectivity index is 1.80. The fourth-order valence-electron chi connectivity index (χ4n) is 3.36. The average molecular weight is 413 g/mol. The summed E-state index contributed by atoms with van der Waals surface area (Å²) in [5.74, 6) is -0.999. The minimum absolute atomic E-state index is 0.224. The number of hydrogen-bond donors (Lipinski definition) is 2. The number of H-pyrrole nitrogens is 1. The number of hydrogen-bond acceptors (Lipinski definition) is 5. The number of amides is 2. The monoisotopic (exact) mass is 413 g/mol. The van der Waals surface area contributed by atoms with E-state index in [1.54, 1.807) is 6.92 Å². The minimum Gasteiger partial charge on any atom is -0.464 e. The molecule has 0 atom stereocenters. The van der Waals surface area contributed by atoms with E-state index in [4.69, 9.17) is 9.47 Å². The summed E-state index contributed by atoms with van der Waals surface area (Å²) in [5, 5.41) is 3.56. The molecule has 0 bridgehead atoms. The number of fused-ring (bicyclic) bond motifs is 3. The van der Waals surface area contributed by atoms with Gasteiger partial charge in [-0.05, 0) is 31.4 Å². The normalized spacial score (nSPS) is 13.3. The molecular formula is C22H27N3O5. The summed E-state index contributed by atoms with van der Waals surface area (Å²) in [7, 11) is 0. The predicted molar refractivity (Wildman–Crippen MR) is 113 cm³/mol. The molecule has 2 aromatic rings. The van der Waals surface area contributed by atoms with Gasteiger partial charge in [0, 0.05) is 23.6 Å². The molecule has 8 nitrogen and oxygen atoms in total. The number of para-hydroxylation sites is 1. The molecule has 0 aliphatic carbocycles. The molecule has 1 aromatic carbocycles. The van der Waals surface area contributed by atoms with Crippen molar-refractivity contribution in [1.29, 1.82) is 0 Å². The van der Waals surface area contributed by atoms with E-state index in [2.05, 4.69) is 10.3 Å². The maximum Gasteiger partial charge on any atom is 0.341 e.